The van der Waals surface area contributed by atoms with Crippen LogP contribution in [0, 0.1) is 11.8 Å². The van der Waals surface area contributed by atoms with Gasteiger partial charge in [-0.25, -0.2) is 0 Å². The molecule has 0 fully saturated rings. The number of rotatable bonds is 7. The molecule has 4 nitrogen and oxygen atoms in total. The molecule has 43 heavy (non-hydrogen) atoms. The number of anilines is 2. The van der Waals surface area contributed by atoms with Gasteiger partial charge in [-0.05, 0) is 82.0 Å². The first-order valence-electron chi connectivity index (χ1n) is 16.0. The first kappa shape index (κ1) is 30.5. The van der Waals surface area contributed by atoms with Crippen LogP contribution in [-0.2, 0) is 12.8 Å². The SMILES string of the molecule is CC(C)C1CCNc2cc(O)c(Cc3ccccc3)cc21.COc1cc2c(cc1Cc1ccccc1)C(C(C)C)CCN2. The van der Waals surface area contributed by atoms with Gasteiger partial charge < -0.3 is 20.5 Å². The van der Waals surface area contributed by atoms with Gasteiger partial charge in [0.25, 0.3) is 0 Å². The van der Waals surface area contributed by atoms with Crippen molar-refractivity contribution in [3.63, 3.8) is 0 Å². The number of phenols is 1. The van der Waals surface area contributed by atoms with E-state index >= 15 is 0 Å². The second-order valence-corrected chi connectivity index (χ2v) is 12.8. The van der Waals surface area contributed by atoms with Crippen molar-refractivity contribution in [2.45, 2.75) is 65.2 Å². The van der Waals surface area contributed by atoms with Gasteiger partial charge in [-0.3, -0.25) is 0 Å². The Bertz CT molecular complexity index is 1480. The summed E-state index contributed by atoms with van der Waals surface area (Å²) >= 11 is 0. The number of aromatic hydroxyl groups is 1. The molecule has 6 rings (SSSR count). The molecule has 4 heteroatoms. The van der Waals surface area contributed by atoms with Gasteiger partial charge in [0, 0.05) is 49.4 Å². The monoisotopic (exact) mass is 576 g/mol. The molecular weight excluding hydrogens is 528 g/mol. The molecule has 4 aromatic carbocycles. The Kier molecular flexibility index (Phi) is 9.97. The van der Waals surface area contributed by atoms with Gasteiger partial charge >= 0.3 is 0 Å². The Morgan fingerprint density at radius 2 is 1.14 bits per heavy atom. The standard InChI is InChI=1S/C20H25NO.C19H23NO/c1-14(2)17-9-10-21-19-13-20(22-3)16(12-18(17)19)11-15-7-5-4-6-8-15;1-13(2)16-8-9-20-18-12-19(21)15(11-17(16)18)10-14-6-4-3-5-7-14/h4-8,12-14,17,21H,9-11H2,1-3H3;3-7,11-13,16,20-21H,8-10H2,1-2H3. The molecule has 0 spiro atoms. The molecule has 4 aromatic rings. The van der Waals surface area contributed by atoms with Crippen molar-refractivity contribution < 1.29 is 9.84 Å². The molecule has 0 aliphatic carbocycles. The minimum absolute atomic E-state index is 0.398. The number of methoxy groups -OCH3 is 1. The van der Waals surface area contributed by atoms with Crippen LogP contribution in [0.25, 0.3) is 0 Å². The zero-order chi connectivity index (χ0) is 30.3. The van der Waals surface area contributed by atoms with Gasteiger partial charge in [-0.15, -0.1) is 0 Å². The Hall–Kier alpha value is -3.92. The molecule has 0 amide bonds. The van der Waals surface area contributed by atoms with Crippen molar-refractivity contribution in [3.05, 3.63) is 118 Å². The van der Waals surface area contributed by atoms with E-state index in [0.29, 0.717) is 29.4 Å². The van der Waals surface area contributed by atoms with Crippen LogP contribution in [0.4, 0.5) is 11.4 Å². The van der Waals surface area contributed by atoms with Gasteiger partial charge in [0.15, 0.2) is 0 Å². The summed E-state index contributed by atoms with van der Waals surface area (Å²) in [4.78, 5) is 0. The van der Waals surface area contributed by atoms with Crippen molar-refractivity contribution in [1.82, 2.24) is 0 Å². The number of nitrogens with one attached hydrogen (secondary N) is 2. The Labute approximate surface area is 258 Å². The topological polar surface area (TPSA) is 53.5 Å². The average molecular weight is 577 g/mol. The summed E-state index contributed by atoms with van der Waals surface area (Å²) in [6, 6.07) is 29.6. The highest BCUT2D eigenvalue weighted by Gasteiger charge is 2.25. The lowest BCUT2D eigenvalue weighted by Crippen LogP contribution is -2.20. The lowest BCUT2D eigenvalue weighted by atomic mass is 9.81. The largest absolute Gasteiger partial charge is 0.508 e. The third-order valence-corrected chi connectivity index (χ3v) is 9.13. The highest BCUT2D eigenvalue weighted by atomic mass is 16.5. The second kappa shape index (κ2) is 14.0. The smallest absolute Gasteiger partial charge is 0.124 e. The van der Waals surface area contributed by atoms with E-state index in [0.717, 1.165) is 42.9 Å². The zero-order valence-electron chi connectivity index (χ0n) is 26.5. The van der Waals surface area contributed by atoms with Crippen LogP contribution in [0.3, 0.4) is 0 Å². The van der Waals surface area contributed by atoms with Gasteiger partial charge in [0.2, 0.25) is 0 Å². The third-order valence-electron chi connectivity index (χ3n) is 9.13. The minimum atomic E-state index is 0.398. The molecule has 2 aliphatic heterocycles. The van der Waals surface area contributed by atoms with E-state index in [-0.39, 0.29) is 0 Å². The predicted molar refractivity (Wildman–Crippen MR) is 181 cm³/mol. The summed E-state index contributed by atoms with van der Waals surface area (Å²) in [7, 11) is 1.76. The van der Waals surface area contributed by atoms with Crippen LogP contribution in [-0.4, -0.2) is 25.3 Å². The molecule has 3 N–H and O–H groups in total. The predicted octanol–water partition coefficient (Wildman–Crippen LogP) is 9.38. The highest BCUT2D eigenvalue weighted by molar-refractivity contribution is 5.62. The van der Waals surface area contributed by atoms with Gasteiger partial charge in [0.05, 0.1) is 7.11 Å². The molecule has 226 valence electrons. The lowest BCUT2D eigenvalue weighted by Gasteiger charge is -2.30. The van der Waals surface area contributed by atoms with Crippen LogP contribution < -0.4 is 15.4 Å². The van der Waals surface area contributed by atoms with E-state index < -0.39 is 0 Å². The van der Waals surface area contributed by atoms with Crippen molar-refractivity contribution in [2.75, 3.05) is 30.8 Å². The summed E-state index contributed by atoms with van der Waals surface area (Å²) in [5.41, 5.74) is 10.0. The second-order valence-electron chi connectivity index (χ2n) is 12.8. The van der Waals surface area contributed by atoms with Crippen molar-refractivity contribution in [2.24, 2.45) is 11.8 Å². The van der Waals surface area contributed by atoms with Gasteiger partial charge in [-0.1, -0.05) is 88.4 Å². The Balaban J connectivity index is 0.000000171. The fourth-order valence-electron chi connectivity index (χ4n) is 6.74. The zero-order valence-corrected chi connectivity index (χ0v) is 26.5. The molecule has 0 saturated heterocycles. The normalized spacial score (nSPS) is 17.2. The summed E-state index contributed by atoms with van der Waals surface area (Å²) in [6.45, 7) is 11.2. The van der Waals surface area contributed by atoms with E-state index in [2.05, 4.69) is 99.0 Å². The quantitative estimate of drug-likeness (QED) is 0.205. The van der Waals surface area contributed by atoms with E-state index in [1.165, 1.54) is 46.3 Å². The molecule has 2 unspecified atom stereocenters. The first-order chi connectivity index (χ1) is 20.8. The fraction of sp³-hybridized carbons (Fsp3) is 0.385. The summed E-state index contributed by atoms with van der Waals surface area (Å²) in [5.74, 6) is 3.89. The minimum Gasteiger partial charge on any atom is -0.508 e. The van der Waals surface area contributed by atoms with Crippen molar-refractivity contribution in [3.8, 4) is 11.5 Å². The molecule has 0 saturated carbocycles. The average Bonchev–Trinajstić information content (AvgIpc) is 3.01. The number of hydrogen-bond acceptors (Lipinski definition) is 4. The summed E-state index contributed by atoms with van der Waals surface area (Å²) in [6.07, 6.45) is 4.08. The maximum Gasteiger partial charge on any atom is 0.124 e. The Morgan fingerprint density at radius 1 is 0.674 bits per heavy atom. The molecule has 2 aliphatic rings. The van der Waals surface area contributed by atoms with Gasteiger partial charge in [-0.2, -0.15) is 0 Å². The molecular formula is C39H48N2O2. The van der Waals surface area contributed by atoms with E-state index in [1.807, 2.05) is 24.3 Å². The maximum absolute atomic E-state index is 10.3. The summed E-state index contributed by atoms with van der Waals surface area (Å²) < 4.78 is 5.64. The van der Waals surface area contributed by atoms with E-state index in [9.17, 15) is 5.11 Å². The maximum atomic E-state index is 10.3. The third kappa shape index (κ3) is 7.36. The molecule has 2 heterocycles. The highest BCUT2D eigenvalue weighted by Crippen LogP contribution is 2.41. The van der Waals surface area contributed by atoms with Crippen molar-refractivity contribution in [1.29, 1.82) is 0 Å². The Morgan fingerprint density at radius 3 is 1.63 bits per heavy atom. The van der Waals surface area contributed by atoms with E-state index in [4.69, 9.17) is 4.74 Å². The van der Waals surface area contributed by atoms with Crippen LogP contribution in [0.1, 0.15) is 85.8 Å². The van der Waals surface area contributed by atoms with Crippen LogP contribution in [0.2, 0.25) is 0 Å². The number of ether oxygens (including phenoxy) is 1. The van der Waals surface area contributed by atoms with Crippen molar-refractivity contribution >= 4 is 11.4 Å². The van der Waals surface area contributed by atoms with Crippen LogP contribution in [0.5, 0.6) is 11.5 Å². The first-order valence-corrected chi connectivity index (χ1v) is 16.0. The molecule has 0 bridgehead atoms. The van der Waals surface area contributed by atoms with Crippen LogP contribution >= 0.6 is 0 Å². The number of phenolic OH excluding ortho intramolecular Hbond substituents is 1. The lowest BCUT2D eigenvalue weighted by molar-refractivity contribution is 0.409. The summed E-state index contributed by atoms with van der Waals surface area (Å²) in [5, 5.41) is 17.3. The molecule has 2 atom stereocenters. The fourth-order valence-corrected chi connectivity index (χ4v) is 6.74. The van der Waals surface area contributed by atoms with Gasteiger partial charge in [0.1, 0.15) is 11.5 Å². The number of hydrogen-bond donors (Lipinski definition) is 3. The number of benzene rings is 4. The van der Waals surface area contributed by atoms with E-state index in [1.54, 1.807) is 7.11 Å². The number of fused-ring (bicyclic) bond motifs is 2. The van der Waals surface area contributed by atoms with Crippen LogP contribution in [0.15, 0.2) is 84.9 Å². The molecule has 0 radical (unpaired) electrons. The molecule has 0 aromatic heterocycles.